The predicted molar refractivity (Wildman–Crippen MR) is 76.8 cm³/mol. The van der Waals surface area contributed by atoms with Gasteiger partial charge in [0.2, 0.25) is 11.6 Å². The number of likely N-dealkylation sites (N-methyl/N-ethyl adjacent to an activating group) is 2. The lowest BCUT2D eigenvalue weighted by atomic mass is 9.94. The maximum Gasteiger partial charge on any atom is 0.253 e. The molecule has 0 radical (unpaired) electrons. The van der Waals surface area contributed by atoms with Gasteiger partial charge in [-0.05, 0) is 19.9 Å². The molecular formula is C15H21F4N3. The second-order valence-electron chi connectivity index (χ2n) is 5.86. The van der Waals surface area contributed by atoms with Gasteiger partial charge in [-0.2, -0.15) is 22.5 Å². The molecule has 2 rings (SSSR count). The van der Waals surface area contributed by atoms with Crippen LogP contribution < -0.4 is 4.90 Å². The maximum atomic E-state index is 13.7. The number of anilines is 1. The SMILES string of the molecule is CN(CCN(C)C1CCCCC1)c1c(F)c(F)nc(F)c1F. The molecule has 1 heterocycles. The summed E-state index contributed by atoms with van der Waals surface area (Å²) >= 11 is 0. The molecule has 1 fully saturated rings. The smallest absolute Gasteiger partial charge is 0.253 e. The van der Waals surface area contributed by atoms with E-state index in [4.69, 9.17) is 0 Å². The van der Waals surface area contributed by atoms with Crippen molar-refractivity contribution in [3.63, 3.8) is 0 Å². The van der Waals surface area contributed by atoms with Crippen molar-refractivity contribution in [1.29, 1.82) is 0 Å². The van der Waals surface area contributed by atoms with Crippen LogP contribution in [0, 0.1) is 23.5 Å². The lowest BCUT2D eigenvalue weighted by molar-refractivity contribution is 0.195. The van der Waals surface area contributed by atoms with Gasteiger partial charge in [-0.25, -0.2) is 0 Å². The second-order valence-corrected chi connectivity index (χ2v) is 5.86. The van der Waals surface area contributed by atoms with Crippen molar-refractivity contribution in [1.82, 2.24) is 9.88 Å². The van der Waals surface area contributed by atoms with Gasteiger partial charge in [-0.15, -0.1) is 0 Å². The minimum absolute atomic E-state index is 0.268. The zero-order valence-electron chi connectivity index (χ0n) is 12.9. The van der Waals surface area contributed by atoms with Gasteiger partial charge >= 0.3 is 0 Å². The third kappa shape index (κ3) is 3.69. The van der Waals surface area contributed by atoms with Gasteiger partial charge in [0.05, 0.1) is 0 Å². The molecule has 124 valence electrons. The van der Waals surface area contributed by atoms with E-state index in [1.807, 2.05) is 7.05 Å². The molecule has 1 aromatic rings. The van der Waals surface area contributed by atoms with Crippen LogP contribution in [0.4, 0.5) is 23.2 Å². The lowest BCUT2D eigenvalue weighted by Crippen LogP contribution is -2.39. The summed E-state index contributed by atoms with van der Waals surface area (Å²) in [4.78, 5) is 5.89. The number of hydrogen-bond acceptors (Lipinski definition) is 3. The summed E-state index contributed by atoms with van der Waals surface area (Å²) in [6, 6.07) is 0.461. The largest absolute Gasteiger partial charge is 0.368 e. The van der Waals surface area contributed by atoms with Crippen LogP contribution in [0.25, 0.3) is 0 Å². The monoisotopic (exact) mass is 319 g/mol. The van der Waals surface area contributed by atoms with Crippen LogP contribution >= 0.6 is 0 Å². The summed E-state index contributed by atoms with van der Waals surface area (Å²) in [5, 5.41) is 0. The molecule has 0 bridgehead atoms. The molecule has 22 heavy (non-hydrogen) atoms. The topological polar surface area (TPSA) is 19.4 Å². The molecule has 0 spiro atoms. The van der Waals surface area contributed by atoms with Crippen LogP contribution in [0.3, 0.4) is 0 Å². The molecule has 0 aromatic carbocycles. The zero-order valence-corrected chi connectivity index (χ0v) is 12.9. The Labute approximate surface area is 127 Å². The Morgan fingerprint density at radius 2 is 1.45 bits per heavy atom. The van der Waals surface area contributed by atoms with Gasteiger partial charge < -0.3 is 9.80 Å². The first-order valence-corrected chi connectivity index (χ1v) is 7.53. The van der Waals surface area contributed by atoms with Crippen molar-refractivity contribution in [3.05, 3.63) is 23.5 Å². The van der Waals surface area contributed by atoms with Gasteiger partial charge in [-0.1, -0.05) is 19.3 Å². The minimum Gasteiger partial charge on any atom is -0.368 e. The van der Waals surface area contributed by atoms with Crippen molar-refractivity contribution < 1.29 is 17.6 Å². The van der Waals surface area contributed by atoms with E-state index in [0.29, 0.717) is 12.6 Å². The van der Waals surface area contributed by atoms with Crippen LogP contribution in [0.1, 0.15) is 32.1 Å². The van der Waals surface area contributed by atoms with E-state index in [1.54, 1.807) is 0 Å². The van der Waals surface area contributed by atoms with Crippen molar-refractivity contribution in [2.75, 3.05) is 32.1 Å². The molecule has 3 nitrogen and oxygen atoms in total. The van der Waals surface area contributed by atoms with E-state index < -0.39 is 29.2 Å². The zero-order chi connectivity index (χ0) is 16.3. The van der Waals surface area contributed by atoms with E-state index in [-0.39, 0.29) is 6.54 Å². The van der Waals surface area contributed by atoms with Gasteiger partial charge in [0.15, 0.2) is 0 Å². The Hall–Kier alpha value is -1.37. The number of aromatic nitrogens is 1. The third-order valence-corrected chi connectivity index (χ3v) is 4.34. The van der Waals surface area contributed by atoms with Crippen molar-refractivity contribution >= 4 is 5.69 Å². The fourth-order valence-corrected chi connectivity index (χ4v) is 2.94. The first-order chi connectivity index (χ1) is 10.4. The number of nitrogens with zero attached hydrogens (tertiary/aromatic N) is 3. The molecule has 7 heteroatoms. The highest BCUT2D eigenvalue weighted by molar-refractivity contribution is 5.47. The van der Waals surface area contributed by atoms with Gasteiger partial charge in [0.25, 0.3) is 11.9 Å². The quantitative estimate of drug-likeness (QED) is 0.613. The van der Waals surface area contributed by atoms with E-state index in [0.717, 1.165) is 12.8 Å². The van der Waals surface area contributed by atoms with Crippen molar-refractivity contribution in [3.8, 4) is 0 Å². The number of halogens is 4. The van der Waals surface area contributed by atoms with Crippen molar-refractivity contribution in [2.24, 2.45) is 0 Å². The Bertz CT molecular complexity index is 492. The number of hydrogen-bond donors (Lipinski definition) is 0. The first-order valence-electron chi connectivity index (χ1n) is 7.53. The first kappa shape index (κ1) is 17.0. The molecule has 0 unspecified atom stereocenters. The fourth-order valence-electron chi connectivity index (χ4n) is 2.94. The Balaban J connectivity index is 2.01. The van der Waals surface area contributed by atoms with Crippen LogP contribution in [0.5, 0.6) is 0 Å². The third-order valence-electron chi connectivity index (χ3n) is 4.34. The Morgan fingerprint density at radius 3 is 2.00 bits per heavy atom. The van der Waals surface area contributed by atoms with Gasteiger partial charge in [0, 0.05) is 26.2 Å². The molecule has 1 aliphatic carbocycles. The Kier molecular flexibility index (Phi) is 5.61. The van der Waals surface area contributed by atoms with Gasteiger partial charge in [-0.3, -0.25) is 0 Å². The predicted octanol–water partition coefficient (Wildman–Crippen LogP) is 3.34. The minimum atomic E-state index is -1.62. The maximum absolute atomic E-state index is 13.7. The Morgan fingerprint density at radius 1 is 0.909 bits per heavy atom. The fraction of sp³-hybridized carbons (Fsp3) is 0.667. The van der Waals surface area contributed by atoms with Crippen LogP contribution in [0.2, 0.25) is 0 Å². The van der Waals surface area contributed by atoms with E-state index >= 15 is 0 Å². The molecule has 1 saturated carbocycles. The van der Waals surface area contributed by atoms with Crippen LogP contribution in [-0.2, 0) is 0 Å². The van der Waals surface area contributed by atoms with Crippen LogP contribution in [-0.4, -0.2) is 43.1 Å². The molecular weight excluding hydrogens is 298 g/mol. The van der Waals surface area contributed by atoms with E-state index in [9.17, 15) is 17.6 Å². The summed E-state index contributed by atoms with van der Waals surface area (Å²) in [5.74, 6) is -6.16. The van der Waals surface area contributed by atoms with Gasteiger partial charge in [0.1, 0.15) is 5.69 Å². The number of rotatable bonds is 5. The molecule has 0 N–H and O–H groups in total. The molecule has 1 aliphatic rings. The summed E-state index contributed by atoms with van der Waals surface area (Å²) < 4.78 is 53.6. The average molecular weight is 319 g/mol. The van der Waals surface area contributed by atoms with E-state index in [1.165, 1.54) is 31.2 Å². The molecule has 0 atom stereocenters. The van der Waals surface area contributed by atoms with E-state index in [2.05, 4.69) is 9.88 Å². The van der Waals surface area contributed by atoms with Crippen LogP contribution in [0.15, 0.2) is 0 Å². The highest BCUT2D eigenvalue weighted by Gasteiger charge is 2.24. The highest BCUT2D eigenvalue weighted by Crippen LogP contribution is 2.26. The van der Waals surface area contributed by atoms with Crippen molar-refractivity contribution in [2.45, 2.75) is 38.1 Å². The summed E-state index contributed by atoms with van der Waals surface area (Å²) in [7, 11) is 3.37. The molecule has 0 saturated heterocycles. The standard InChI is InChI=1S/C15H21F4N3/c1-21(10-6-4-3-5-7-10)8-9-22(2)13-11(16)14(18)20-15(19)12(13)17/h10H,3-9H2,1-2H3. The second kappa shape index (κ2) is 7.26. The molecule has 1 aromatic heterocycles. The molecule has 0 amide bonds. The lowest BCUT2D eigenvalue weighted by Gasteiger charge is -2.32. The summed E-state index contributed by atoms with van der Waals surface area (Å²) in [5.41, 5.74) is -0.706. The highest BCUT2D eigenvalue weighted by atomic mass is 19.2. The summed E-state index contributed by atoms with van der Waals surface area (Å²) in [6.45, 7) is 0.829. The molecule has 0 aliphatic heterocycles. The average Bonchev–Trinajstić information content (AvgIpc) is 2.51. The normalized spacial score (nSPS) is 16.3. The number of pyridine rings is 1. The summed E-state index contributed by atoms with van der Waals surface area (Å²) in [6.07, 6.45) is 5.85.